The van der Waals surface area contributed by atoms with E-state index in [1.165, 1.54) is 0 Å². The predicted molar refractivity (Wildman–Crippen MR) is 153 cm³/mol. The van der Waals surface area contributed by atoms with E-state index in [0.717, 1.165) is 85.5 Å². The molecule has 1 spiro atoms. The van der Waals surface area contributed by atoms with Gasteiger partial charge >= 0.3 is 0 Å². The minimum atomic E-state index is 0. The lowest BCUT2D eigenvalue weighted by molar-refractivity contribution is 0.0974. The number of halogens is 1. The van der Waals surface area contributed by atoms with Gasteiger partial charge < -0.3 is 25.2 Å². The number of fused-ring (bicyclic) bond motifs is 2. The smallest absolute Gasteiger partial charge is 0.183 e. The Bertz CT molecular complexity index is 1490. The summed E-state index contributed by atoms with van der Waals surface area (Å²) in [5, 5.41) is 12.1. The maximum atomic E-state index is 6.50. The fourth-order valence-corrected chi connectivity index (χ4v) is 6.12. The summed E-state index contributed by atoms with van der Waals surface area (Å²) in [7, 11) is 3.98. The van der Waals surface area contributed by atoms with E-state index in [0.29, 0.717) is 5.65 Å². The summed E-state index contributed by atoms with van der Waals surface area (Å²) in [6.45, 7) is 6.20. The van der Waals surface area contributed by atoms with Crippen molar-refractivity contribution in [3.63, 3.8) is 0 Å². The Labute approximate surface area is 233 Å². The van der Waals surface area contributed by atoms with Crippen molar-refractivity contribution in [3.05, 3.63) is 30.7 Å². The molecule has 0 radical (unpaired) electrons. The number of pyridine rings is 1. The molecule has 0 aromatic carbocycles. The number of anilines is 4. The number of nitrogens with one attached hydrogen (secondary N) is 1. The molecule has 3 aliphatic rings. The molecule has 2 fully saturated rings. The minimum absolute atomic E-state index is 0. The van der Waals surface area contributed by atoms with E-state index in [9.17, 15) is 0 Å². The van der Waals surface area contributed by atoms with Crippen molar-refractivity contribution >= 4 is 46.7 Å². The first-order valence-corrected chi connectivity index (χ1v) is 13.2. The van der Waals surface area contributed by atoms with Crippen LogP contribution in [0, 0.1) is 5.41 Å². The highest BCUT2D eigenvalue weighted by Crippen LogP contribution is 2.42. The second-order valence-corrected chi connectivity index (χ2v) is 10.9. The number of hydrogen-bond acceptors (Lipinski definition) is 10. The van der Waals surface area contributed by atoms with E-state index in [-0.39, 0.29) is 30.0 Å². The summed E-state index contributed by atoms with van der Waals surface area (Å²) >= 11 is 0. The molecule has 7 heterocycles. The molecule has 13 heteroatoms. The van der Waals surface area contributed by atoms with Gasteiger partial charge in [-0.1, -0.05) is 0 Å². The van der Waals surface area contributed by atoms with Crippen LogP contribution in [0.3, 0.4) is 0 Å². The molecular formula is C26H34ClN11O. The van der Waals surface area contributed by atoms with E-state index < -0.39 is 0 Å². The molecule has 7 rings (SSSR count). The fourth-order valence-electron chi connectivity index (χ4n) is 6.12. The predicted octanol–water partition coefficient (Wildman–Crippen LogP) is 2.49. The molecular weight excluding hydrogens is 518 g/mol. The van der Waals surface area contributed by atoms with Crippen LogP contribution >= 0.6 is 12.4 Å². The lowest BCUT2D eigenvalue weighted by Gasteiger charge is -2.41. The number of likely N-dealkylation sites (N-methyl/N-ethyl adjacent to an activating group) is 1. The zero-order valence-corrected chi connectivity index (χ0v) is 23.2. The van der Waals surface area contributed by atoms with Crippen LogP contribution in [-0.4, -0.2) is 86.9 Å². The van der Waals surface area contributed by atoms with Gasteiger partial charge in [0.15, 0.2) is 22.8 Å². The van der Waals surface area contributed by atoms with Crippen LogP contribution in [0.1, 0.15) is 19.8 Å². The van der Waals surface area contributed by atoms with Crippen LogP contribution in [0.15, 0.2) is 30.7 Å². The van der Waals surface area contributed by atoms with Crippen LogP contribution in [0.4, 0.5) is 23.1 Å². The van der Waals surface area contributed by atoms with Gasteiger partial charge in [-0.05, 0) is 31.9 Å². The maximum absolute atomic E-state index is 6.50. The summed E-state index contributed by atoms with van der Waals surface area (Å²) in [4.78, 5) is 21.4. The highest BCUT2D eigenvalue weighted by molar-refractivity contribution is 5.90. The van der Waals surface area contributed by atoms with Crippen molar-refractivity contribution in [1.29, 1.82) is 0 Å². The van der Waals surface area contributed by atoms with Crippen molar-refractivity contribution in [2.75, 3.05) is 54.5 Å². The molecule has 2 saturated heterocycles. The lowest BCUT2D eigenvalue weighted by Crippen LogP contribution is -2.50. The Morgan fingerprint density at radius 1 is 1.05 bits per heavy atom. The number of rotatable bonds is 3. The second kappa shape index (κ2) is 9.61. The molecule has 0 unspecified atom stereocenters. The third-order valence-corrected chi connectivity index (χ3v) is 8.59. The zero-order chi connectivity index (χ0) is 26.0. The van der Waals surface area contributed by atoms with E-state index in [4.69, 9.17) is 25.4 Å². The van der Waals surface area contributed by atoms with Gasteiger partial charge in [0.05, 0.1) is 36.5 Å². The summed E-state index contributed by atoms with van der Waals surface area (Å²) in [6.07, 6.45) is 7.80. The Morgan fingerprint density at radius 3 is 2.59 bits per heavy atom. The lowest BCUT2D eigenvalue weighted by atomic mass is 9.73. The molecule has 12 nitrogen and oxygen atoms in total. The Hall–Kier alpha value is -3.48. The van der Waals surface area contributed by atoms with Gasteiger partial charge in [-0.3, -0.25) is 9.78 Å². The normalized spacial score (nSPS) is 22.4. The third kappa shape index (κ3) is 4.17. The molecule has 4 aromatic rings. The molecule has 2 atom stereocenters. The van der Waals surface area contributed by atoms with Gasteiger partial charge in [-0.25, -0.2) is 15.0 Å². The maximum Gasteiger partial charge on any atom is 0.183 e. The third-order valence-electron chi connectivity index (χ3n) is 8.59. The van der Waals surface area contributed by atoms with Crippen LogP contribution in [0.2, 0.25) is 0 Å². The van der Waals surface area contributed by atoms with Crippen molar-refractivity contribution in [2.45, 2.75) is 31.9 Å². The highest BCUT2D eigenvalue weighted by Gasteiger charge is 2.47. The SMILES string of the molecule is C[C@@H]1OCC2(CCN(c3cnc4c(N5CCN(C)c6nc(-c7cnn(C)c7)ccc65)n[nH]c4n3)CC2)[C@@H]1N.Cl. The molecule has 0 amide bonds. The summed E-state index contributed by atoms with van der Waals surface area (Å²) < 4.78 is 7.67. The zero-order valence-electron chi connectivity index (χ0n) is 22.4. The number of aromatic nitrogens is 7. The Morgan fingerprint density at radius 2 is 1.87 bits per heavy atom. The van der Waals surface area contributed by atoms with Crippen LogP contribution in [0.5, 0.6) is 0 Å². The van der Waals surface area contributed by atoms with Crippen LogP contribution < -0.4 is 20.4 Å². The molecule has 0 aliphatic carbocycles. The topological polar surface area (TPSA) is 130 Å². The fraction of sp³-hybridized carbons (Fsp3) is 0.500. The number of nitrogens with zero attached hydrogens (tertiary/aromatic N) is 9. The Kier molecular flexibility index (Phi) is 6.35. The van der Waals surface area contributed by atoms with Crippen LogP contribution in [0.25, 0.3) is 22.4 Å². The monoisotopic (exact) mass is 551 g/mol. The second-order valence-electron chi connectivity index (χ2n) is 10.9. The summed E-state index contributed by atoms with van der Waals surface area (Å²) in [5.74, 6) is 2.54. The van der Waals surface area contributed by atoms with Gasteiger partial charge in [0.1, 0.15) is 5.82 Å². The average molecular weight is 552 g/mol. The van der Waals surface area contributed by atoms with Crippen LogP contribution in [-0.2, 0) is 11.8 Å². The first-order chi connectivity index (χ1) is 18.4. The molecule has 39 heavy (non-hydrogen) atoms. The van der Waals surface area contributed by atoms with E-state index in [1.807, 2.05) is 31.7 Å². The van der Waals surface area contributed by atoms with E-state index in [1.54, 1.807) is 4.68 Å². The average Bonchev–Trinajstić information content (AvgIpc) is 3.64. The summed E-state index contributed by atoms with van der Waals surface area (Å²) in [5.41, 5.74) is 10.9. The Balaban J connectivity index is 0.00000277. The number of hydrogen-bond donors (Lipinski definition) is 2. The highest BCUT2D eigenvalue weighted by atomic mass is 35.5. The van der Waals surface area contributed by atoms with Crippen molar-refractivity contribution < 1.29 is 4.74 Å². The van der Waals surface area contributed by atoms with Gasteiger partial charge in [0, 0.05) is 63.5 Å². The van der Waals surface area contributed by atoms with Crippen molar-refractivity contribution in [3.8, 4) is 11.3 Å². The van der Waals surface area contributed by atoms with Crippen molar-refractivity contribution in [1.82, 2.24) is 34.9 Å². The van der Waals surface area contributed by atoms with Gasteiger partial charge in [-0.2, -0.15) is 10.2 Å². The van der Waals surface area contributed by atoms with Crippen molar-refractivity contribution in [2.24, 2.45) is 18.2 Å². The van der Waals surface area contributed by atoms with Gasteiger partial charge in [0.25, 0.3) is 0 Å². The van der Waals surface area contributed by atoms with E-state index in [2.05, 4.69) is 50.0 Å². The number of nitrogens with two attached hydrogens (primary N) is 1. The molecule has 3 aliphatic heterocycles. The number of ether oxygens (including phenoxy) is 1. The molecule has 0 bridgehead atoms. The van der Waals surface area contributed by atoms with Gasteiger partial charge in [-0.15, -0.1) is 12.4 Å². The first kappa shape index (κ1) is 25.8. The number of H-pyrrole nitrogens is 1. The number of aromatic amines is 1. The quantitative estimate of drug-likeness (QED) is 0.391. The summed E-state index contributed by atoms with van der Waals surface area (Å²) in [6, 6.07) is 4.23. The molecule has 3 N–H and O–H groups in total. The number of aryl methyl sites for hydroxylation is 1. The molecule has 0 saturated carbocycles. The standard InChI is InChI=1S/C26H33N11O.ClH/c1-16-22(27)26(15-38-16)6-8-36(9-7-26)20-13-28-21-23(31-20)32-33-25(21)37-11-10-34(2)24-19(37)5-4-18(30-24)17-12-29-35(3)14-17;/h4-5,12-14,16,22H,6-11,15,27H2,1-3H3,(H,31,32,33);1H/t16-,22+;/m0./s1. The molecule has 206 valence electrons. The first-order valence-electron chi connectivity index (χ1n) is 13.2. The largest absolute Gasteiger partial charge is 0.376 e. The van der Waals surface area contributed by atoms with E-state index >= 15 is 0 Å². The molecule has 4 aromatic heterocycles. The number of piperidine rings is 1. The minimum Gasteiger partial charge on any atom is -0.376 e. The van der Waals surface area contributed by atoms with Gasteiger partial charge in [0.2, 0.25) is 0 Å².